The van der Waals surface area contributed by atoms with Gasteiger partial charge in [0.2, 0.25) is 0 Å². The number of phenols is 1. The fourth-order valence-corrected chi connectivity index (χ4v) is 3.28. The third-order valence-corrected chi connectivity index (χ3v) is 4.64. The molecule has 1 saturated heterocycles. The van der Waals surface area contributed by atoms with E-state index in [1.54, 1.807) is 0 Å². The predicted molar refractivity (Wildman–Crippen MR) is 99.6 cm³/mol. The number of nitrogens with zero attached hydrogens (tertiary/aromatic N) is 1. The van der Waals surface area contributed by atoms with Gasteiger partial charge in [0.05, 0.1) is 10.6 Å². The molecular formula is C19H18N2O2S. The third kappa shape index (κ3) is 3.51. The molecule has 0 saturated carbocycles. The van der Waals surface area contributed by atoms with Crippen LogP contribution in [0.15, 0.2) is 46.3 Å². The maximum atomic E-state index is 12.1. The van der Waals surface area contributed by atoms with Gasteiger partial charge in [-0.05, 0) is 79.6 Å². The standard InChI is InChI=1S/C19H18N2O2S/c1-11-4-6-15(7-5-11)20-19-21-18(23)16(24-19)10-14-8-12(2)17(22)13(3)9-14/h4-10,22H,1-3H3,(H,20,21,23)/b16-10+. The predicted octanol–water partition coefficient (Wildman–Crippen LogP) is 4.21. The first-order valence-corrected chi connectivity index (χ1v) is 8.40. The van der Waals surface area contributed by atoms with Gasteiger partial charge in [-0.3, -0.25) is 4.79 Å². The van der Waals surface area contributed by atoms with Crippen molar-refractivity contribution in [3.05, 3.63) is 63.6 Å². The van der Waals surface area contributed by atoms with Crippen molar-refractivity contribution in [2.45, 2.75) is 20.8 Å². The molecular weight excluding hydrogens is 320 g/mol. The molecule has 1 aliphatic rings. The molecule has 0 aromatic heterocycles. The molecule has 3 rings (SSSR count). The molecule has 0 bridgehead atoms. The first kappa shape index (κ1) is 16.3. The molecule has 1 heterocycles. The number of aryl methyl sites for hydroxylation is 3. The average Bonchev–Trinajstić information content (AvgIpc) is 2.87. The monoisotopic (exact) mass is 338 g/mol. The van der Waals surface area contributed by atoms with Gasteiger partial charge in [-0.15, -0.1) is 0 Å². The van der Waals surface area contributed by atoms with Gasteiger partial charge in [0, 0.05) is 0 Å². The van der Waals surface area contributed by atoms with E-state index < -0.39 is 0 Å². The van der Waals surface area contributed by atoms with Gasteiger partial charge < -0.3 is 10.4 Å². The Balaban J connectivity index is 1.86. The molecule has 4 nitrogen and oxygen atoms in total. The number of carbonyl (C=O) groups is 1. The average molecular weight is 338 g/mol. The number of hydrogen-bond acceptors (Lipinski definition) is 4. The minimum absolute atomic E-state index is 0.158. The van der Waals surface area contributed by atoms with Crippen LogP contribution in [0.25, 0.3) is 6.08 Å². The lowest BCUT2D eigenvalue weighted by Gasteiger charge is -2.05. The van der Waals surface area contributed by atoms with Crippen LogP contribution in [-0.2, 0) is 4.79 Å². The van der Waals surface area contributed by atoms with Crippen molar-refractivity contribution in [2.24, 2.45) is 4.99 Å². The molecule has 1 aliphatic heterocycles. The van der Waals surface area contributed by atoms with E-state index in [-0.39, 0.29) is 5.91 Å². The van der Waals surface area contributed by atoms with Crippen LogP contribution in [0.2, 0.25) is 0 Å². The SMILES string of the molecule is Cc1ccc(N=C2NC(=O)/C(=C\c3cc(C)c(O)c(C)c3)S2)cc1. The highest BCUT2D eigenvalue weighted by atomic mass is 32.2. The first-order chi connectivity index (χ1) is 11.4. The quantitative estimate of drug-likeness (QED) is 0.806. The highest BCUT2D eigenvalue weighted by Gasteiger charge is 2.23. The van der Waals surface area contributed by atoms with Crippen LogP contribution >= 0.6 is 11.8 Å². The van der Waals surface area contributed by atoms with Crippen molar-refractivity contribution in [3.63, 3.8) is 0 Å². The minimum Gasteiger partial charge on any atom is -0.507 e. The van der Waals surface area contributed by atoms with Gasteiger partial charge in [0.15, 0.2) is 5.17 Å². The van der Waals surface area contributed by atoms with E-state index in [0.717, 1.165) is 22.4 Å². The highest BCUT2D eigenvalue weighted by Crippen LogP contribution is 2.30. The second-order valence-corrected chi connectivity index (χ2v) is 6.85. The molecule has 0 unspecified atom stereocenters. The van der Waals surface area contributed by atoms with Gasteiger partial charge >= 0.3 is 0 Å². The number of hydrogen-bond donors (Lipinski definition) is 2. The number of nitrogens with one attached hydrogen (secondary N) is 1. The Morgan fingerprint density at radius 1 is 1.08 bits per heavy atom. The largest absolute Gasteiger partial charge is 0.507 e. The summed E-state index contributed by atoms with van der Waals surface area (Å²) in [4.78, 5) is 17.2. The molecule has 2 N–H and O–H groups in total. The van der Waals surface area contributed by atoms with Gasteiger partial charge in [-0.1, -0.05) is 17.7 Å². The summed E-state index contributed by atoms with van der Waals surface area (Å²) in [6.45, 7) is 5.71. The van der Waals surface area contributed by atoms with E-state index in [1.165, 1.54) is 17.3 Å². The van der Waals surface area contributed by atoms with Crippen LogP contribution in [0.5, 0.6) is 5.75 Å². The number of amides is 1. The Bertz CT molecular complexity index is 844. The van der Waals surface area contributed by atoms with Crippen molar-refractivity contribution >= 4 is 34.6 Å². The molecule has 24 heavy (non-hydrogen) atoms. The summed E-state index contributed by atoms with van der Waals surface area (Å²) in [5.74, 6) is 0.136. The van der Waals surface area contributed by atoms with Gasteiger partial charge in [0.1, 0.15) is 5.75 Å². The second-order valence-electron chi connectivity index (χ2n) is 5.82. The summed E-state index contributed by atoms with van der Waals surface area (Å²) in [5, 5.41) is 13.2. The lowest BCUT2D eigenvalue weighted by Crippen LogP contribution is -2.19. The summed E-state index contributed by atoms with van der Waals surface area (Å²) in [7, 11) is 0. The number of aliphatic imine (C=N–C) groups is 1. The van der Waals surface area contributed by atoms with Gasteiger partial charge in [0.25, 0.3) is 5.91 Å². The zero-order chi connectivity index (χ0) is 17.3. The molecule has 1 amide bonds. The fraction of sp³-hybridized carbons (Fsp3) is 0.158. The van der Waals surface area contributed by atoms with E-state index in [1.807, 2.05) is 63.2 Å². The lowest BCUT2D eigenvalue weighted by atomic mass is 10.1. The van der Waals surface area contributed by atoms with E-state index >= 15 is 0 Å². The molecule has 5 heteroatoms. The van der Waals surface area contributed by atoms with Crippen LogP contribution in [0.4, 0.5) is 5.69 Å². The maximum absolute atomic E-state index is 12.1. The fourth-order valence-electron chi connectivity index (χ4n) is 2.44. The highest BCUT2D eigenvalue weighted by molar-refractivity contribution is 8.18. The van der Waals surface area contributed by atoms with Crippen LogP contribution < -0.4 is 5.32 Å². The van der Waals surface area contributed by atoms with Crippen LogP contribution in [0.3, 0.4) is 0 Å². The minimum atomic E-state index is -0.158. The second kappa shape index (κ2) is 6.53. The van der Waals surface area contributed by atoms with E-state index in [0.29, 0.717) is 15.8 Å². The molecule has 2 aromatic rings. The van der Waals surface area contributed by atoms with Crippen molar-refractivity contribution < 1.29 is 9.90 Å². The van der Waals surface area contributed by atoms with E-state index in [9.17, 15) is 9.90 Å². The zero-order valence-electron chi connectivity index (χ0n) is 13.8. The van der Waals surface area contributed by atoms with E-state index in [4.69, 9.17) is 0 Å². The number of rotatable bonds is 2. The first-order valence-electron chi connectivity index (χ1n) is 7.59. The molecule has 0 spiro atoms. The Hall–Kier alpha value is -2.53. The number of aromatic hydroxyl groups is 1. The molecule has 0 aliphatic carbocycles. The Labute approximate surface area is 145 Å². The molecule has 0 atom stereocenters. The lowest BCUT2D eigenvalue weighted by molar-refractivity contribution is -0.115. The Morgan fingerprint density at radius 3 is 2.33 bits per heavy atom. The summed E-state index contributed by atoms with van der Waals surface area (Å²) in [5.41, 5.74) is 4.44. The topological polar surface area (TPSA) is 61.7 Å². The number of benzene rings is 2. The van der Waals surface area contributed by atoms with Crippen molar-refractivity contribution in [1.82, 2.24) is 5.32 Å². The zero-order valence-corrected chi connectivity index (χ0v) is 14.6. The van der Waals surface area contributed by atoms with Crippen molar-refractivity contribution in [3.8, 4) is 5.75 Å². The van der Waals surface area contributed by atoms with E-state index in [2.05, 4.69) is 10.3 Å². The third-order valence-electron chi connectivity index (χ3n) is 3.73. The Kier molecular flexibility index (Phi) is 4.44. The van der Waals surface area contributed by atoms with Gasteiger partial charge in [-0.2, -0.15) is 0 Å². The molecule has 2 aromatic carbocycles. The molecule has 0 radical (unpaired) electrons. The van der Waals surface area contributed by atoms with Crippen molar-refractivity contribution in [2.75, 3.05) is 0 Å². The number of phenolic OH excluding ortho intramolecular Hbond substituents is 1. The molecule has 1 fully saturated rings. The number of thioether (sulfide) groups is 1. The smallest absolute Gasteiger partial charge is 0.264 e. The summed E-state index contributed by atoms with van der Waals surface area (Å²) in [6.07, 6.45) is 1.82. The molecule has 122 valence electrons. The van der Waals surface area contributed by atoms with Crippen molar-refractivity contribution in [1.29, 1.82) is 0 Å². The van der Waals surface area contributed by atoms with Crippen LogP contribution in [0, 0.1) is 20.8 Å². The van der Waals surface area contributed by atoms with Crippen LogP contribution in [-0.4, -0.2) is 16.2 Å². The summed E-state index contributed by atoms with van der Waals surface area (Å²) < 4.78 is 0. The normalized spacial score (nSPS) is 17.5. The Morgan fingerprint density at radius 2 is 1.71 bits per heavy atom. The van der Waals surface area contributed by atoms with Crippen LogP contribution in [0.1, 0.15) is 22.3 Å². The summed E-state index contributed by atoms with van der Waals surface area (Å²) >= 11 is 1.32. The number of carbonyl (C=O) groups excluding carboxylic acids is 1. The number of amidine groups is 1. The maximum Gasteiger partial charge on any atom is 0.264 e. The summed E-state index contributed by atoms with van der Waals surface area (Å²) in [6, 6.07) is 11.5. The van der Waals surface area contributed by atoms with Gasteiger partial charge in [-0.25, -0.2) is 4.99 Å².